The van der Waals surface area contributed by atoms with Gasteiger partial charge in [0.2, 0.25) is 0 Å². The highest BCUT2D eigenvalue weighted by Gasteiger charge is 2.49. The van der Waals surface area contributed by atoms with Gasteiger partial charge in [0.1, 0.15) is 6.10 Å². The summed E-state index contributed by atoms with van der Waals surface area (Å²) in [6.45, 7) is 4.65. The van der Waals surface area contributed by atoms with Gasteiger partial charge in [-0.3, -0.25) is 9.35 Å². The SMILES string of the molecule is CC(=O)OC(C)CN1c2ccccc2CC1(C)S(=O)(=O)O. The van der Waals surface area contributed by atoms with Gasteiger partial charge in [-0.15, -0.1) is 0 Å². The fourth-order valence-electron chi connectivity index (χ4n) is 2.73. The van der Waals surface area contributed by atoms with E-state index in [1.807, 2.05) is 12.1 Å². The van der Waals surface area contributed by atoms with E-state index in [0.29, 0.717) is 0 Å². The largest absolute Gasteiger partial charge is 0.461 e. The van der Waals surface area contributed by atoms with Crippen LogP contribution in [0.3, 0.4) is 0 Å². The van der Waals surface area contributed by atoms with E-state index in [-0.39, 0.29) is 13.0 Å². The lowest BCUT2D eigenvalue weighted by Gasteiger charge is -2.35. The molecule has 116 valence electrons. The molecule has 0 radical (unpaired) electrons. The maximum absolute atomic E-state index is 11.8. The summed E-state index contributed by atoms with van der Waals surface area (Å²) in [6, 6.07) is 7.25. The number of benzene rings is 1. The number of nitrogens with zero attached hydrogens (tertiary/aromatic N) is 1. The van der Waals surface area contributed by atoms with Gasteiger partial charge in [0, 0.05) is 19.0 Å². The molecule has 1 heterocycles. The topological polar surface area (TPSA) is 83.9 Å². The first-order valence-electron chi connectivity index (χ1n) is 6.65. The average Bonchev–Trinajstić information content (AvgIpc) is 2.62. The van der Waals surface area contributed by atoms with Crippen molar-refractivity contribution in [2.75, 3.05) is 11.4 Å². The predicted octanol–water partition coefficient (Wildman–Crippen LogP) is 1.60. The van der Waals surface area contributed by atoms with Crippen LogP contribution in [0, 0.1) is 0 Å². The number of anilines is 1. The minimum Gasteiger partial charge on any atom is -0.461 e. The quantitative estimate of drug-likeness (QED) is 0.671. The zero-order valence-electron chi connectivity index (χ0n) is 12.2. The molecular formula is C14H19NO5S. The molecule has 0 spiro atoms. The maximum atomic E-state index is 11.8. The summed E-state index contributed by atoms with van der Waals surface area (Å²) in [6.07, 6.45) is -0.302. The summed E-state index contributed by atoms with van der Waals surface area (Å²) in [7, 11) is -4.31. The highest BCUT2D eigenvalue weighted by molar-refractivity contribution is 7.87. The number of para-hydroxylation sites is 1. The van der Waals surface area contributed by atoms with Gasteiger partial charge in [0.05, 0.1) is 6.54 Å². The second-order valence-corrected chi connectivity index (χ2v) is 7.32. The van der Waals surface area contributed by atoms with Gasteiger partial charge in [0.25, 0.3) is 10.1 Å². The number of rotatable bonds is 4. The summed E-state index contributed by atoms with van der Waals surface area (Å²) in [5.41, 5.74) is 1.57. The lowest BCUT2D eigenvalue weighted by atomic mass is 10.1. The van der Waals surface area contributed by atoms with E-state index in [1.54, 1.807) is 24.0 Å². The first-order valence-corrected chi connectivity index (χ1v) is 8.09. The Hall–Kier alpha value is -1.60. The number of esters is 1. The smallest absolute Gasteiger partial charge is 0.302 e. The standard InChI is InChI=1S/C14H19NO5S/c1-10(20-11(2)16)9-15-13-7-5-4-6-12(13)8-14(15,3)21(17,18)19/h4-7,10H,8-9H2,1-3H3,(H,17,18,19). The first-order chi connectivity index (χ1) is 9.65. The van der Waals surface area contributed by atoms with Crippen molar-refractivity contribution in [2.24, 2.45) is 0 Å². The molecule has 0 aliphatic carbocycles. The van der Waals surface area contributed by atoms with E-state index in [9.17, 15) is 17.8 Å². The van der Waals surface area contributed by atoms with Crippen LogP contribution < -0.4 is 4.90 Å². The Bertz CT molecular complexity index is 657. The summed E-state index contributed by atoms with van der Waals surface area (Å²) in [5.74, 6) is -0.427. The van der Waals surface area contributed by atoms with Crippen LogP contribution in [0.1, 0.15) is 26.3 Å². The molecule has 6 nitrogen and oxygen atoms in total. The van der Waals surface area contributed by atoms with Crippen molar-refractivity contribution in [2.45, 2.75) is 38.2 Å². The number of hydrogen-bond donors (Lipinski definition) is 1. The second kappa shape index (κ2) is 5.31. The molecule has 1 N–H and O–H groups in total. The third-order valence-corrected chi connectivity index (χ3v) is 5.21. The fraction of sp³-hybridized carbons (Fsp3) is 0.500. The molecule has 1 aromatic carbocycles. The van der Waals surface area contributed by atoms with E-state index in [1.165, 1.54) is 13.8 Å². The highest BCUT2D eigenvalue weighted by atomic mass is 32.2. The normalized spacial score (nSPS) is 22.8. The fourth-order valence-corrected chi connectivity index (χ4v) is 3.52. The molecular weight excluding hydrogens is 294 g/mol. The average molecular weight is 313 g/mol. The Labute approximate surface area is 124 Å². The van der Waals surface area contributed by atoms with Gasteiger partial charge in [-0.25, -0.2) is 0 Å². The molecule has 0 fully saturated rings. The second-order valence-electron chi connectivity index (χ2n) is 5.49. The van der Waals surface area contributed by atoms with Crippen molar-refractivity contribution in [3.63, 3.8) is 0 Å². The summed E-state index contributed by atoms with van der Waals surface area (Å²) >= 11 is 0. The van der Waals surface area contributed by atoms with Crippen LogP contribution in [-0.2, 0) is 26.1 Å². The zero-order chi connectivity index (χ0) is 15.8. The van der Waals surface area contributed by atoms with Crippen LogP contribution >= 0.6 is 0 Å². The Morgan fingerprint density at radius 3 is 2.67 bits per heavy atom. The van der Waals surface area contributed by atoms with Crippen molar-refractivity contribution in [1.29, 1.82) is 0 Å². The minimum atomic E-state index is -4.31. The Morgan fingerprint density at radius 2 is 2.10 bits per heavy atom. The molecule has 2 rings (SSSR count). The molecule has 2 unspecified atom stereocenters. The number of carbonyl (C=O) groups excluding carboxylic acids is 1. The molecule has 0 saturated carbocycles. The molecule has 1 aromatic rings. The zero-order valence-corrected chi connectivity index (χ0v) is 13.1. The molecule has 0 saturated heterocycles. The third kappa shape index (κ3) is 2.89. The predicted molar refractivity (Wildman–Crippen MR) is 78.7 cm³/mol. The number of ether oxygens (including phenoxy) is 1. The summed E-state index contributed by atoms with van der Waals surface area (Å²) in [5, 5.41) is 0. The third-order valence-electron chi connectivity index (χ3n) is 3.73. The monoisotopic (exact) mass is 313 g/mol. The molecule has 0 amide bonds. The minimum absolute atomic E-state index is 0.187. The van der Waals surface area contributed by atoms with Gasteiger partial charge < -0.3 is 9.64 Å². The van der Waals surface area contributed by atoms with Crippen LogP contribution in [-0.4, -0.2) is 36.5 Å². The van der Waals surface area contributed by atoms with Crippen LogP contribution in [0.15, 0.2) is 24.3 Å². The van der Waals surface area contributed by atoms with Gasteiger partial charge >= 0.3 is 5.97 Å². The Morgan fingerprint density at radius 1 is 1.48 bits per heavy atom. The maximum Gasteiger partial charge on any atom is 0.302 e. The van der Waals surface area contributed by atoms with Crippen LogP contribution in [0.5, 0.6) is 0 Å². The van der Waals surface area contributed by atoms with Crippen molar-refractivity contribution >= 4 is 21.8 Å². The van der Waals surface area contributed by atoms with E-state index < -0.39 is 27.1 Å². The van der Waals surface area contributed by atoms with Crippen LogP contribution in [0.25, 0.3) is 0 Å². The highest BCUT2D eigenvalue weighted by Crippen LogP contribution is 2.41. The molecule has 7 heteroatoms. The van der Waals surface area contributed by atoms with E-state index in [2.05, 4.69) is 0 Å². The molecule has 1 aliphatic heterocycles. The number of fused-ring (bicyclic) bond motifs is 1. The summed E-state index contributed by atoms with van der Waals surface area (Å²) in [4.78, 5) is 11.2. The number of hydrogen-bond acceptors (Lipinski definition) is 5. The molecule has 21 heavy (non-hydrogen) atoms. The van der Waals surface area contributed by atoms with Gasteiger partial charge in [-0.2, -0.15) is 8.42 Å². The lowest BCUT2D eigenvalue weighted by molar-refractivity contribution is -0.145. The van der Waals surface area contributed by atoms with Crippen molar-refractivity contribution in [3.8, 4) is 0 Å². The van der Waals surface area contributed by atoms with E-state index in [0.717, 1.165) is 11.3 Å². The van der Waals surface area contributed by atoms with Crippen molar-refractivity contribution < 1.29 is 22.5 Å². The van der Waals surface area contributed by atoms with Gasteiger partial charge in [0.15, 0.2) is 4.87 Å². The van der Waals surface area contributed by atoms with Gasteiger partial charge in [-0.1, -0.05) is 18.2 Å². The lowest BCUT2D eigenvalue weighted by Crippen LogP contribution is -2.52. The van der Waals surface area contributed by atoms with Crippen molar-refractivity contribution in [1.82, 2.24) is 0 Å². The van der Waals surface area contributed by atoms with Crippen LogP contribution in [0.4, 0.5) is 5.69 Å². The van der Waals surface area contributed by atoms with Crippen molar-refractivity contribution in [3.05, 3.63) is 29.8 Å². The molecule has 2 atom stereocenters. The Balaban J connectivity index is 2.39. The van der Waals surface area contributed by atoms with E-state index >= 15 is 0 Å². The van der Waals surface area contributed by atoms with E-state index in [4.69, 9.17) is 4.74 Å². The van der Waals surface area contributed by atoms with Crippen LogP contribution in [0.2, 0.25) is 0 Å². The summed E-state index contributed by atoms with van der Waals surface area (Å²) < 4.78 is 38.4. The molecule has 0 aromatic heterocycles. The first kappa shape index (κ1) is 15.8. The molecule has 1 aliphatic rings. The molecule has 0 bridgehead atoms. The number of carbonyl (C=O) groups is 1. The van der Waals surface area contributed by atoms with Gasteiger partial charge in [-0.05, 0) is 25.5 Å². The Kier molecular flexibility index (Phi) is 3.99.